The van der Waals surface area contributed by atoms with Gasteiger partial charge in [0.2, 0.25) is 0 Å². The Morgan fingerprint density at radius 2 is 1.84 bits per heavy atom. The Hall–Kier alpha value is -3.30. The van der Waals surface area contributed by atoms with Gasteiger partial charge in [0.25, 0.3) is 0 Å². The van der Waals surface area contributed by atoms with E-state index in [2.05, 4.69) is 60.5 Å². The molecule has 1 aliphatic rings. The van der Waals surface area contributed by atoms with Crippen LogP contribution in [0.5, 0.6) is 0 Å². The molecule has 0 spiro atoms. The molecule has 1 aliphatic heterocycles. The first-order chi connectivity index (χ1) is 15.6. The zero-order valence-electron chi connectivity index (χ0n) is 18.3. The fourth-order valence-electron chi connectivity index (χ4n) is 4.10. The van der Waals surface area contributed by atoms with Gasteiger partial charge in [0, 0.05) is 50.7 Å². The highest BCUT2D eigenvalue weighted by Crippen LogP contribution is 2.20. The first-order valence-electron chi connectivity index (χ1n) is 10.9. The number of nitrogens with zero attached hydrogens (tertiary/aromatic N) is 8. The number of likely N-dealkylation sites (N-methyl/N-ethyl adjacent to an activating group) is 1. The summed E-state index contributed by atoms with van der Waals surface area (Å²) < 4.78 is 1.70. The van der Waals surface area contributed by atoms with Crippen LogP contribution in [0.25, 0.3) is 16.6 Å². The average molecular weight is 431 g/mol. The Morgan fingerprint density at radius 3 is 2.66 bits per heavy atom. The van der Waals surface area contributed by atoms with E-state index in [0.717, 1.165) is 55.0 Å². The number of fused-ring (bicyclic) bond motifs is 2. The zero-order valence-corrected chi connectivity index (χ0v) is 18.3. The molecule has 1 saturated heterocycles. The van der Waals surface area contributed by atoms with Crippen LogP contribution in [0.2, 0.25) is 0 Å². The van der Waals surface area contributed by atoms with E-state index in [1.54, 1.807) is 17.5 Å². The van der Waals surface area contributed by atoms with E-state index in [1.807, 2.05) is 18.3 Å². The number of rotatable bonds is 6. The summed E-state index contributed by atoms with van der Waals surface area (Å²) in [5.74, 6) is 0.723. The van der Waals surface area contributed by atoms with Crippen molar-refractivity contribution in [2.24, 2.45) is 5.18 Å². The lowest BCUT2D eigenvalue weighted by molar-refractivity contribution is 0.148. The third-order valence-electron chi connectivity index (χ3n) is 6.10. The smallest absolute Gasteiger partial charge is 0.177 e. The number of nitroso groups, excluding NO2 is 1. The normalized spacial score (nSPS) is 16.6. The number of aromatic nitrogens is 5. The molecule has 1 unspecified atom stereocenters. The molecule has 0 aliphatic carbocycles. The van der Waals surface area contributed by atoms with E-state index < -0.39 is 6.04 Å². The van der Waals surface area contributed by atoms with Gasteiger partial charge >= 0.3 is 0 Å². The SMILES string of the molecule is CC(N=O)c1ccc2nnc(Cc3ccc4ncc(CN5CCN(C)CC5)cc4c3)n2n1. The van der Waals surface area contributed by atoms with Crippen molar-refractivity contribution in [1.82, 2.24) is 34.6 Å². The first kappa shape index (κ1) is 20.6. The zero-order chi connectivity index (χ0) is 22.1. The number of hydrogen-bond donors (Lipinski definition) is 0. The van der Waals surface area contributed by atoms with Gasteiger partial charge in [0.05, 0.1) is 11.2 Å². The van der Waals surface area contributed by atoms with E-state index >= 15 is 0 Å². The highest BCUT2D eigenvalue weighted by molar-refractivity contribution is 5.79. The van der Waals surface area contributed by atoms with Gasteiger partial charge < -0.3 is 4.90 Å². The molecule has 3 aromatic heterocycles. The summed E-state index contributed by atoms with van der Waals surface area (Å²) in [6.45, 7) is 7.03. The van der Waals surface area contributed by atoms with Gasteiger partial charge in [-0.3, -0.25) is 9.88 Å². The standard InChI is InChI=1S/C23H26N8O/c1-16(28-32)20-5-6-22-25-26-23(31(22)27-20)13-17-3-4-21-19(11-17)12-18(14-24-21)15-30-9-7-29(2)8-10-30/h3-6,11-12,14,16H,7-10,13,15H2,1-2H3. The summed E-state index contributed by atoms with van der Waals surface area (Å²) in [7, 11) is 2.17. The molecular weight excluding hydrogens is 404 g/mol. The molecule has 0 saturated carbocycles. The van der Waals surface area contributed by atoms with Crippen molar-refractivity contribution in [2.75, 3.05) is 33.2 Å². The van der Waals surface area contributed by atoms with Crippen LogP contribution in [-0.2, 0) is 13.0 Å². The van der Waals surface area contributed by atoms with Gasteiger partial charge in [-0.2, -0.15) is 14.5 Å². The van der Waals surface area contributed by atoms with Gasteiger partial charge in [-0.15, -0.1) is 10.2 Å². The molecule has 9 nitrogen and oxygen atoms in total. The van der Waals surface area contributed by atoms with Crippen LogP contribution in [0.15, 0.2) is 47.8 Å². The highest BCUT2D eigenvalue weighted by atomic mass is 16.3. The molecule has 5 rings (SSSR count). The minimum absolute atomic E-state index is 0.514. The number of pyridine rings is 1. The topological polar surface area (TPSA) is 91.9 Å². The second-order valence-electron chi connectivity index (χ2n) is 8.55. The number of piperazine rings is 1. The molecular formula is C23H26N8O. The number of hydrogen-bond acceptors (Lipinski definition) is 8. The van der Waals surface area contributed by atoms with Crippen LogP contribution >= 0.6 is 0 Å². The minimum atomic E-state index is -0.514. The predicted octanol–water partition coefficient (Wildman–Crippen LogP) is 2.84. The van der Waals surface area contributed by atoms with Crippen molar-refractivity contribution in [2.45, 2.75) is 25.9 Å². The van der Waals surface area contributed by atoms with E-state index in [1.165, 1.54) is 5.56 Å². The van der Waals surface area contributed by atoms with Crippen LogP contribution in [-0.4, -0.2) is 67.8 Å². The Kier molecular flexibility index (Phi) is 5.59. The predicted molar refractivity (Wildman–Crippen MR) is 122 cm³/mol. The Balaban J connectivity index is 1.39. The van der Waals surface area contributed by atoms with E-state index in [4.69, 9.17) is 0 Å². The van der Waals surface area contributed by atoms with Crippen LogP contribution in [0.4, 0.5) is 0 Å². The molecule has 0 radical (unpaired) electrons. The molecule has 32 heavy (non-hydrogen) atoms. The lowest BCUT2D eigenvalue weighted by atomic mass is 10.1. The van der Waals surface area contributed by atoms with Crippen molar-refractivity contribution in [3.05, 3.63) is 70.1 Å². The first-order valence-corrected chi connectivity index (χ1v) is 10.9. The molecule has 4 heterocycles. The maximum atomic E-state index is 10.9. The largest absolute Gasteiger partial charge is 0.304 e. The Morgan fingerprint density at radius 1 is 1.03 bits per heavy atom. The van der Waals surface area contributed by atoms with Crippen molar-refractivity contribution in [3.63, 3.8) is 0 Å². The Bertz CT molecular complexity index is 1260. The minimum Gasteiger partial charge on any atom is -0.304 e. The van der Waals surface area contributed by atoms with Crippen molar-refractivity contribution in [3.8, 4) is 0 Å². The summed E-state index contributed by atoms with van der Waals surface area (Å²) in [6, 6.07) is 11.6. The Labute approximate surface area is 186 Å². The molecule has 1 aromatic carbocycles. The molecule has 0 N–H and O–H groups in total. The highest BCUT2D eigenvalue weighted by Gasteiger charge is 2.15. The second-order valence-corrected chi connectivity index (χ2v) is 8.55. The second kappa shape index (κ2) is 8.68. The molecule has 1 fully saturated rings. The molecule has 164 valence electrons. The van der Waals surface area contributed by atoms with Gasteiger partial charge in [-0.05, 0) is 55.4 Å². The monoisotopic (exact) mass is 430 g/mol. The molecule has 0 bridgehead atoms. The van der Waals surface area contributed by atoms with Crippen LogP contribution in [0.1, 0.15) is 35.6 Å². The van der Waals surface area contributed by atoms with Crippen molar-refractivity contribution in [1.29, 1.82) is 0 Å². The van der Waals surface area contributed by atoms with Crippen molar-refractivity contribution >= 4 is 16.6 Å². The van der Waals surface area contributed by atoms with Gasteiger partial charge in [0.15, 0.2) is 11.5 Å². The maximum Gasteiger partial charge on any atom is 0.177 e. The van der Waals surface area contributed by atoms with Gasteiger partial charge in [0.1, 0.15) is 6.04 Å². The molecule has 0 amide bonds. The summed E-state index contributed by atoms with van der Waals surface area (Å²) >= 11 is 0. The van der Waals surface area contributed by atoms with E-state index in [9.17, 15) is 4.91 Å². The van der Waals surface area contributed by atoms with Crippen LogP contribution < -0.4 is 0 Å². The van der Waals surface area contributed by atoms with E-state index in [-0.39, 0.29) is 0 Å². The van der Waals surface area contributed by atoms with Crippen molar-refractivity contribution < 1.29 is 0 Å². The summed E-state index contributed by atoms with van der Waals surface area (Å²) in [4.78, 5) is 20.4. The van der Waals surface area contributed by atoms with E-state index in [0.29, 0.717) is 17.8 Å². The van der Waals surface area contributed by atoms with Crippen LogP contribution in [0, 0.1) is 4.91 Å². The average Bonchev–Trinajstić information content (AvgIpc) is 3.21. The van der Waals surface area contributed by atoms with Gasteiger partial charge in [-0.25, -0.2) is 0 Å². The maximum absolute atomic E-state index is 10.9. The summed E-state index contributed by atoms with van der Waals surface area (Å²) in [5.41, 5.74) is 4.57. The van der Waals surface area contributed by atoms with Crippen LogP contribution in [0.3, 0.4) is 0 Å². The fraction of sp³-hybridized carbons (Fsp3) is 0.391. The third-order valence-corrected chi connectivity index (χ3v) is 6.10. The number of benzene rings is 1. The molecule has 1 atom stereocenters. The quantitative estimate of drug-likeness (QED) is 0.434. The molecule has 4 aromatic rings. The fourth-order valence-corrected chi connectivity index (χ4v) is 4.10. The summed E-state index contributed by atoms with van der Waals surface area (Å²) in [6.07, 6.45) is 2.57. The van der Waals surface area contributed by atoms with Gasteiger partial charge in [-0.1, -0.05) is 11.2 Å². The molecule has 9 heteroatoms. The third kappa shape index (κ3) is 4.21. The lowest BCUT2D eigenvalue weighted by Crippen LogP contribution is -2.43. The summed E-state index contributed by atoms with van der Waals surface area (Å²) in [5, 5.41) is 17.2. The lowest BCUT2D eigenvalue weighted by Gasteiger charge is -2.32.